The Morgan fingerprint density at radius 1 is 1.60 bits per heavy atom. The summed E-state index contributed by atoms with van der Waals surface area (Å²) in [6.45, 7) is 3.49. The lowest BCUT2D eigenvalue weighted by atomic mass is 10.3. The lowest BCUT2D eigenvalue weighted by Crippen LogP contribution is -2.27. The Bertz CT molecular complexity index is 319. The summed E-state index contributed by atoms with van der Waals surface area (Å²) >= 11 is 0. The first-order chi connectivity index (χ1) is 7.11. The number of hydrogen-bond donors (Lipinski definition) is 2. The van der Waals surface area contributed by atoms with E-state index in [0.29, 0.717) is 12.2 Å². The number of H-pyrrole nitrogens is 1. The molecular formula is C10H18N4O. The van der Waals surface area contributed by atoms with E-state index < -0.39 is 0 Å². The number of aromatic nitrogens is 2. The average molecular weight is 210 g/mol. The standard InChI is InChI=1S/C10H18N4O/c1-8-9(13-7-12-8)10(15)11-5-4-6-14(2)3/h7H,4-6H2,1-3H3,(H,11,15)(H,12,13). The Morgan fingerprint density at radius 2 is 2.33 bits per heavy atom. The molecule has 1 aromatic heterocycles. The van der Waals surface area contributed by atoms with Crippen LogP contribution in [0.2, 0.25) is 0 Å². The first kappa shape index (κ1) is 11.7. The van der Waals surface area contributed by atoms with Crippen LogP contribution < -0.4 is 5.32 Å². The largest absolute Gasteiger partial charge is 0.351 e. The van der Waals surface area contributed by atoms with Gasteiger partial charge in [-0.05, 0) is 34.0 Å². The van der Waals surface area contributed by atoms with E-state index in [0.717, 1.165) is 18.7 Å². The molecule has 0 aliphatic carbocycles. The van der Waals surface area contributed by atoms with Gasteiger partial charge in [0.2, 0.25) is 0 Å². The van der Waals surface area contributed by atoms with Crippen LogP contribution in [0.15, 0.2) is 6.33 Å². The van der Waals surface area contributed by atoms with Gasteiger partial charge >= 0.3 is 0 Å². The topological polar surface area (TPSA) is 61.0 Å². The number of imidazole rings is 1. The second-order valence-electron chi connectivity index (χ2n) is 3.79. The van der Waals surface area contributed by atoms with E-state index in [-0.39, 0.29) is 5.91 Å². The average Bonchev–Trinajstić information content (AvgIpc) is 2.58. The van der Waals surface area contributed by atoms with Gasteiger partial charge < -0.3 is 15.2 Å². The normalized spacial score (nSPS) is 10.7. The summed E-state index contributed by atoms with van der Waals surface area (Å²) < 4.78 is 0. The maximum Gasteiger partial charge on any atom is 0.271 e. The summed E-state index contributed by atoms with van der Waals surface area (Å²) in [5.74, 6) is -0.104. The van der Waals surface area contributed by atoms with Gasteiger partial charge in [0.15, 0.2) is 0 Å². The Morgan fingerprint density at radius 3 is 2.87 bits per heavy atom. The molecule has 5 nitrogen and oxygen atoms in total. The molecule has 0 saturated carbocycles. The molecule has 15 heavy (non-hydrogen) atoms. The fraction of sp³-hybridized carbons (Fsp3) is 0.600. The highest BCUT2D eigenvalue weighted by Gasteiger charge is 2.10. The second-order valence-corrected chi connectivity index (χ2v) is 3.79. The van der Waals surface area contributed by atoms with Crippen molar-refractivity contribution in [3.8, 4) is 0 Å². The highest BCUT2D eigenvalue weighted by atomic mass is 16.1. The van der Waals surface area contributed by atoms with Gasteiger partial charge in [-0.1, -0.05) is 0 Å². The van der Waals surface area contributed by atoms with Crippen LogP contribution in [0.25, 0.3) is 0 Å². The van der Waals surface area contributed by atoms with Gasteiger partial charge in [-0.25, -0.2) is 4.98 Å². The molecule has 84 valence electrons. The van der Waals surface area contributed by atoms with Crippen LogP contribution in [0, 0.1) is 6.92 Å². The molecule has 0 bridgehead atoms. The number of hydrogen-bond acceptors (Lipinski definition) is 3. The lowest BCUT2D eigenvalue weighted by Gasteiger charge is -2.09. The van der Waals surface area contributed by atoms with Crippen molar-refractivity contribution in [2.45, 2.75) is 13.3 Å². The third-order valence-corrected chi connectivity index (χ3v) is 2.11. The van der Waals surface area contributed by atoms with Gasteiger partial charge in [0, 0.05) is 12.2 Å². The number of carbonyl (C=O) groups is 1. The Labute approximate surface area is 89.9 Å². The number of aromatic amines is 1. The van der Waals surface area contributed by atoms with Crippen molar-refractivity contribution < 1.29 is 4.79 Å². The quantitative estimate of drug-likeness (QED) is 0.691. The molecule has 5 heteroatoms. The summed E-state index contributed by atoms with van der Waals surface area (Å²) in [7, 11) is 4.03. The van der Waals surface area contributed by atoms with Gasteiger partial charge in [0.1, 0.15) is 5.69 Å². The number of rotatable bonds is 5. The molecule has 0 aliphatic rings. The Hall–Kier alpha value is -1.36. The van der Waals surface area contributed by atoms with Crippen molar-refractivity contribution in [1.29, 1.82) is 0 Å². The number of carbonyl (C=O) groups excluding carboxylic acids is 1. The van der Waals surface area contributed by atoms with Crippen molar-refractivity contribution in [2.24, 2.45) is 0 Å². The lowest BCUT2D eigenvalue weighted by molar-refractivity contribution is 0.0947. The van der Waals surface area contributed by atoms with E-state index in [1.165, 1.54) is 6.33 Å². The van der Waals surface area contributed by atoms with Gasteiger partial charge in [0.05, 0.1) is 6.33 Å². The highest BCUT2D eigenvalue weighted by Crippen LogP contribution is 1.99. The zero-order valence-electron chi connectivity index (χ0n) is 9.50. The second kappa shape index (κ2) is 5.50. The summed E-state index contributed by atoms with van der Waals surface area (Å²) in [6, 6.07) is 0. The molecule has 0 radical (unpaired) electrons. The van der Waals surface area contributed by atoms with Gasteiger partial charge in [-0.3, -0.25) is 4.79 Å². The fourth-order valence-electron chi connectivity index (χ4n) is 1.27. The summed E-state index contributed by atoms with van der Waals surface area (Å²) in [5, 5.41) is 2.83. The number of nitrogens with zero attached hydrogens (tertiary/aromatic N) is 2. The third kappa shape index (κ3) is 3.71. The van der Waals surface area contributed by atoms with Crippen LogP contribution >= 0.6 is 0 Å². The first-order valence-corrected chi connectivity index (χ1v) is 5.04. The highest BCUT2D eigenvalue weighted by molar-refractivity contribution is 5.93. The van der Waals surface area contributed by atoms with Crippen LogP contribution in [0.4, 0.5) is 0 Å². The maximum atomic E-state index is 11.6. The predicted octanol–water partition coefficient (Wildman–Crippen LogP) is 0.400. The monoisotopic (exact) mass is 210 g/mol. The van der Waals surface area contributed by atoms with E-state index in [2.05, 4.69) is 20.2 Å². The molecule has 0 spiro atoms. The molecule has 1 aromatic rings. The van der Waals surface area contributed by atoms with Crippen LogP contribution in [0.1, 0.15) is 22.6 Å². The molecular weight excluding hydrogens is 192 g/mol. The third-order valence-electron chi connectivity index (χ3n) is 2.11. The summed E-state index contributed by atoms with van der Waals surface area (Å²) in [4.78, 5) is 20.5. The minimum Gasteiger partial charge on any atom is -0.351 e. The molecule has 1 amide bonds. The molecule has 0 aliphatic heterocycles. The van der Waals surface area contributed by atoms with Gasteiger partial charge in [-0.2, -0.15) is 0 Å². The summed E-state index contributed by atoms with van der Waals surface area (Å²) in [6.07, 6.45) is 2.48. The molecule has 2 N–H and O–H groups in total. The van der Waals surface area contributed by atoms with Gasteiger partial charge in [0.25, 0.3) is 5.91 Å². The van der Waals surface area contributed by atoms with Crippen LogP contribution in [-0.2, 0) is 0 Å². The molecule has 0 atom stereocenters. The Balaban J connectivity index is 2.28. The van der Waals surface area contributed by atoms with E-state index in [1.54, 1.807) is 0 Å². The van der Waals surface area contributed by atoms with Crippen molar-refractivity contribution in [1.82, 2.24) is 20.2 Å². The van der Waals surface area contributed by atoms with E-state index in [1.807, 2.05) is 21.0 Å². The van der Waals surface area contributed by atoms with E-state index in [9.17, 15) is 4.79 Å². The number of aryl methyl sites for hydroxylation is 1. The zero-order valence-corrected chi connectivity index (χ0v) is 9.50. The molecule has 0 aromatic carbocycles. The molecule has 1 heterocycles. The zero-order chi connectivity index (χ0) is 11.3. The van der Waals surface area contributed by atoms with Crippen LogP contribution in [0.5, 0.6) is 0 Å². The van der Waals surface area contributed by atoms with Crippen LogP contribution in [0.3, 0.4) is 0 Å². The fourth-order valence-corrected chi connectivity index (χ4v) is 1.27. The molecule has 0 saturated heterocycles. The Kier molecular flexibility index (Phi) is 4.30. The SMILES string of the molecule is Cc1[nH]cnc1C(=O)NCCCN(C)C. The van der Waals surface area contributed by atoms with E-state index in [4.69, 9.17) is 0 Å². The van der Waals surface area contributed by atoms with E-state index >= 15 is 0 Å². The minimum atomic E-state index is -0.104. The van der Waals surface area contributed by atoms with Crippen molar-refractivity contribution >= 4 is 5.91 Å². The molecule has 0 unspecified atom stereocenters. The molecule has 1 rings (SSSR count). The first-order valence-electron chi connectivity index (χ1n) is 5.04. The van der Waals surface area contributed by atoms with Crippen LogP contribution in [-0.4, -0.2) is 48.0 Å². The minimum absolute atomic E-state index is 0.104. The number of amides is 1. The van der Waals surface area contributed by atoms with Crippen molar-refractivity contribution in [3.63, 3.8) is 0 Å². The van der Waals surface area contributed by atoms with Crippen molar-refractivity contribution in [2.75, 3.05) is 27.2 Å². The van der Waals surface area contributed by atoms with Gasteiger partial charge in [-0.15, -0.1) is 0 Å². The summed E-state index contributed by atoms with van der Waals surface area (Å²) in [5.41, 5.74) is 1.29. The smallest absolute Gasteiger partial charge is 0.271 e. The number of nitrogens with one attached hydrogen (secondary N) is 2. The molecule has 0 fully saturated rings. The predicted molar refractivity (Wildman–Crippen MR) is 58.8 cm³/mol. The van der Waals surface area contributed by atoms with Crippen molar-refractivity contribution in [3.05, 3.63) is 17.7 Å². The maximum absolute atomic E-state index is 11.6.